The minimum atomic E-state index is -4.83. The number of hydrogen-bond donors (Lipinski definition) is 2. The van der Waals surface area contributed by atoms with Gasteiger partial charge in [0.1, 0.15) is 17.3 Å². The SMILES string of the molecule is CC(C)CC(c1cc(Oc2cccc(C(F)(F)F)c2)cc(-c2cc(F)cc(C(F)(F)F)c2)c1)C(O)O. The smallest absolute Gasteiger partial charge is 0.416 e. The summed E-state index contributed by atoms with van der Waals surface area (Å²) >= 11 is 0. The second-order valence-electron chi connectivity index (χ2n) is 8.79. The molecular formula is C26H23F7O3. The predicted octanol–water partition coefficient (Wildman–Crippen LogP) is 7.76. The number of halogens is 7. The molecule has 0 aromatic heterocycles. The summed E-state index contributed by atoms with van der Waals surface area (Å²) in [6.45, 7) is 3.64. The third-order valence-electron chi connectivity index (χ3n) is 5.40. The minimum absolute atomic E-state index is 0.0145. The fourth-order valence-electron chi connectivity index (χ4n) is 3.79. The molecule has 0 radical (unpaired) electrons. The van der Waals surface area contributed by atoms with Crippen molar-refractivity contribution in [2.45, 2.75) is 44.8 Å². The maximum absolute atomic E-state index is 14.1. The van der Waals surface area contributed by atoms with E-state index in [4.69, 9.17) is 4.74 Å². The van der Waals surface area contributed by atoms with E-state index in [1.807, 2.05) is 13.8 Å². The van der Waals surface area contributed by atoms with Gasteiger partial charge in [-0.3, -0.25) is 0 Å². The molecule has 0 spiro atoms. The highest BCUT2D eigenvalue weighted by Gasteiger charge is 2.32. The van der Waals surface area contributed by atoms with Crippen molar-refractivity contribution in [1.29, 1.82) is 0 Å². The van der Waals surface area contributed by atoms with Crippen LogP contribution >= 0.6 is 0 Å². The molecule has 0 aliphatic carbocycles. The summed E-state index contributed by atoms with van der Waals surface area (Å²) in [5.74, 6) is -2.34. The lowest BCUT2D eigenvalue weighted by Gasteiger charge is -2.23. The number of benzene rings is 3. The van der Waals surface area contributed by atoms with Gasteiger partial charge in [0.15, 0.2) is 6.29 Å². The first kappa shape index (κ1) is 27.5. The topological polar surface area (TPSA) is 49.7 Å². The van der Waals surface area contributed by atoms with Gasteiger partial charge in [0.2, 0.25) is 0 Å². The summed E-state index contributed by atoms with van der Waals surface area (Å²) in [7, 11) is 0. The van der Waals surface area contributed by atoms with Crippen molar-refractivity contribution in [1.82, 2.24) is 0 Å². The van der Waals surface area contributed by atoms with Gasteiger partial charge in [-0.15, -0.1) is 0 Å². The molecule has 36 heavy (non-hydrogen) atoms. The van der Waals surface area contributed by atoms with Gasteiger partial charge < -0.3 is 14.9 Å². The van der Waals surface area contributed by atoms with Crippen molar-refractivity contribution in [3.05, 3.63) is 83.2 Å². The maximum Gasteiger partial charge on any atom is 0.416 e. The first-order valence-corrected chi connectivity index (χ1v) is 10.9. The fraction of sp³-hybridized carbons (Fsp3) is 0.308. The quantitative estimate of drug-likeness (QED) is 0.249. The zero-order valence-corrected chi connectivity index (χ0v) is 19.2. The van der Waals surface area contributed by atoms with Crippen LogP contribution in [0.3, 0.4) is 0 Å². The van der Waals surface area contributed by atoms with E-state index >= 15 is 0 Å². The van der Waals surface area contributed by atoms with Crippen LogP contribution in [0, 0.1) is 11.7 Å². The van der Waals surface area contributed by atoms with Gasteiger partial charge in [-0.2, -0.15) is 26.3 Å². The maximum atomic E-state index is 14.1. The Morgan fingerprint density at radius 3 is 1.97 bits per heavy atom. The van der Waals surface area contributed by atoms with Gasteiger partial charge in [0, 0.05) is 5.92 Å². The Bertz CT molecular complexity index is 1200. The molecule has 0 saturated carbocycles. The van der Waals surface area contributed by atoms with Crippen LogP contribution in [-0.2, 0) is 12.4 Å². The molecule has 10 heteroatoms. The molecule has 0 fully saturated rings. The van der Waals surface area contributed by atoms with E-state index in [1.54, 1.807) is 0 Å². The molecule has 3 nitrogen and oxygen atoms in total. The van der Waals surface area contributed by atoms with Gasteiger partial charge in [0.25, 0.3) is 0 Å². The molecule has 0 amide bonds. The molecule has 0 saturated heterocycles. The van der Waals surface area contributed by atoms with Gasteiger partial charge in [-0.05, 0) is 77.6 Å². The molecule has 0 aliphatic rings. The highest BCUT2D eigenvalue weighted by Crippen LogP contribution is 2.39. The zero-order valence-electron chi connectivity index (χ0n) is 19.2. The Hall–Kier alpha value is -3.11. The molecule has 3 aromatic carbocycles. The van der Waals surface area contributed by atoms with Gasteiger partial charge in [-0.1, -0.05) is 26.0 Å². The number of rotatable bonds is 7. The molecule has 2 N–H and O–H groups in total. The van der Waals surface area contributed by atoms with Gasteiger partial charge in [-0.25, -0.2) is 4.39 Å². The monoisotopic (exact) mass is 516 g/mol. The Morgan fingerprint density at radius 2 is 1.39 bits per heavy atom. The minimum Gasteiger partial charge on any atom is -0.457 e. The molecule has 0 aliphatic heterocycles. The van der Waals surface area contributed by atoms with Crippen molar-refractivity contribution in [3.8, 4) is 22.6 Å². The molecule has 1 atom stereocenters. The van der Waals surface area contributed by atoms with Crippen molar-refractivity contribution in [2.24, 2.45) is 5.92 Å². The van der Waals surface area contributed by atoms with Crippen LogP contribution in [0.25, 0.3) is 11.1 Å². The Balaban J connectivity index is 2.16. The van der Waals surface area contributed by atoms with Crippen LogP contribution in [0.2, 0.25) is 0 Å². The molecular weight excluding hydrogens is 493 g/mol. The average molecular weight is 516 g/mol. The van der Waals surface area contributed by atoms with E-state index in [2.05, 4.69) is 0 Å². The first-order chi connectivity index (χ1) is 16.6. The van der Waals surface area contributed by atoms with Crippen LogP contribution < -0.4 is 4.74 Å². The fourth-order valence-corrected chi connectivity index (χ4v) is 3.79. The van der Waals surface area contributed by atoms with Crippen molar-refractivity contribution in [3.63, 3.8) is 0 Å². The van der Waals surface area contributed by atoms with Crippen molar-refractivity contribution >= 4 is 0 Å². The summed E-state index contributed by atoms with van der Waals surface area (Å²) in [5, 5.41) is 19.9. The number of alkyl halides is 6. The molecule has 3 aromatic rings. The predicted molar refractivity (Wildman–Crippen MR) is 119 cm³/mol. The third kappa shape index (κ3) is 6.98. The average Bonchev–Trinajstić information content (AvgIpc) is 2.75. The van der Waals surface area contributed by atoms with Crippen LogP contribution in [-0.4, -0.2) is 16.5 Å². The third-order valence-corrected chi connectivity index (χ3v) is 5.40. The molecule has 3 rings (SSSR count). The highest BCUT2D eigenvalue weighted by atomic mass is 19.4. The van der Waals surface area contributed by atoms with E-state index in [-0.39, 0.29) is 40.5 Å². The van der Waals surface area contributed by atoms with Crippen molar-refractivity contribution in [2.75, 3.05) is 0 Å². The number of aliphatic hydroxyl groups excluding tert-OH is 1. The number of ether oxygens (including phenoxy) is 1. The Kier molecular flexibility index (Phi) is 8.00. The number of aliphatic hydroxyl groups is 2. The van der Waals surface area contributed by atoms with E-state index < -0.39 is 41.5 Å². The summed E-state index contributed by atoms with van der Waals surface area (Å²) in [6.07, 6.45) is -11.0. The van der Waals surface area contributed by atoms with Crippen LogP contribution in [0.5, 0.6) is 11.5 Å². The second kappa shape index (κ2) is 10.5. The van der Waals surface area contributed by atoms with Gasteiger partial charge >= 0.3 is 12.4 Å². The van der Waals surface area contributed by atoms with E-state index in [0.29, 0.717) is 6.07 Å². The lowest BCUT2D eigenvalue weighted by molar-refractivity contribution is -0.138. The highest BCUT2D eigenvalue weighted by molar-refractivity contribution is 5.68. The summed E-state index contributed by atoms with van der Waals surface area (Å²) in [4.78, 5) is 0. The Labute approximate surface area is 202 Å². The Morgan fingerprint density at radius 1 is 0.750 bits per heavy atom. The summed E-state index contributed by atoms with van der Waals surface area (Å²) in [5.41, 5.74) is -2.08. The van der Waals surface area contributed by atoms with E-state index in [0.717, 1.165) is 30.3 Å². The van der Waals surface area contributed by atoms with Crippen molar-refractivity contribution < 1.29 is 45.7 Å². The summed E-state index contributed by atoms with van der Waals surface area (Å²) in [6, 6.07) is 9.91. The summed E-state index contributed by atoms with van der Waals surface area (Å²) < 4.78 is 98.8. The van der Waals surface area contributed by atoms with E-state index in [9.17, 15) is 40.9 Å². The lowest BCUT2D eigenvalue weighted by atomic mass is 9.87. The molecule has 194 valence electrons. The standard InChI is InChI=1S/C26H23F7O3/c1-14(2)6-23(24(34)35)17-7-15(16-8-19(26(31,32)33)12-20(27)9-16)10-22(11-17)36-21-5-3-4-18(13-21)25(28,29)30/h3-5,7-14,23-24,34-35H,6H2,1-2H3. The van der Waals surface area contributed by atoms with Gasteiger partial charge in [0.05, 0.1) is 11.1 Å². The zero-order chi connectivity index (χ0) is 26.8. The molecule has 1 unspecified atom stereocenters. The molecule has 0 heterocycles. The molecule has 0 bridgehead atoms. The van der Waals surface area contributed by atoms with Crippen LogP contribution in [0.1, 0.15) is 42.9 Å². The second-order valence-corrected chi connectivity index (χ2v) is 8.79. The largest absolute Gasteiger partial charge is 0.457 e. The number of hydrogen-bond acceptors (Lipinski definition) is 3. The van der Waals surface area contributed by atoms with Crippen LogP contribution in [0.15, 0.2) is 60.7 Å². The normalized spacial score (nSPS) is 13.4. The van der Waals surface area contributed by atoms with Crippen LogP contribution in [0.4, 0.5) is 30.7 Å². The first-order valence-electron chi connectivity index (χ1n) is 10.9. The lowest BCUT2D eigenvalue weighted by Crippen LogP contribution is -2.19. The van der Waals surface area contributed by atoms with E-state index in [1.165, 1.54) is 24.3 Å².